The van der Waals surface area contributed by atoms with E-state index >= 15 is 0 Å². The molecule has 2 atom stereocenters. The highest BCUT2D eigenvalue weighted by molar-refractivity contribution is 5.28. The molecular weight excluding hydrogens is 186 g/mol. The number of benzene rings is 1. The number of aromatic nitrogens is 1. The highest BCUT2D eigenvalue weighted by Crippen LogP contribution is 2.50. The van der Waals surface area contributed by atoms with Crippen LogP contribution in [0, 0.1) is 0 Å². The van der Waals surface area contributed by atoms with Crippen molar-refractivity contribution in [1.82, 2.24) is 4.98 Å². The van der Waals surface area contributed by atoms with Crippen molar-refractivity contribution in [3.05, 3.63) is 66.0 Å². The van der Waals surface area contributed by atoms with Gasteiger partial charge >= 0.3 is 0 Å². The summed E-state index contributed by atoms with van der Waals surface area (Å²) in [5, 5.41) is 0. The Morgan fingerprint density at radius 1 is 0.867 bits per heavy atom. The quantitative estimate of drug-likeness (QED) is 0.692. The van der Waals surface area contributed by atoms with Crippen LogP contribution < -0.4 is 0 Å². The average molecular weight is 197 g/mol. The van der Waals surface area contributed by atoms with Gasteiger partial charge < -0.3 is 4.74 Å². The fourth-order valence-electron chi connectivity index (χ4n) is 1.81. The third-order valence-electron chi connectivity index (χ3n) is 2.63. The van der Waals surface area contributed by atoms with Gasteiger partial charge in [0, 0.05) is 18.0 Å². The first kappa shape index (κ1) is 8.62. The highest BCUT2D eigenvalue weighted by atomic mass is 16.6. The fraction of sp³-hybridized carbons (Fsp3) is 0.154. The zero-order valence-electron chi connectivity index (χ0n) is 8.21. The molecule has 74 valence electrons. The Labute approximate surface area is 88.5 Å². The molecule has 0 N–H and O–H groups in total. The van der Waals surface area contributed by atoms with E-state index in [0.717, 1.165) is 5.56 Å². The van der Waals surface area contributed by atoms with Crippen LogP contribution in [0.15, 0.2) is 54.9 Å². The van der Waals surface area contributed by atoms with Crippen LogP contribution in [0.4, 0.5) is 0 Å². The molecule has 1 fully saturated rings. The van der Waals surface area contributed by atoms with Gasteiger partial charge in [0.1, 0.15) is 12.2 Å². The van der Waals surface area contributed by atoms with Crippen molar-refractivity contribution in [2.24, 2.45) is 0 Å². The Bertz CT molecular complexity index is 397. The molecule has 0 bridgehead atoms. The standard InChI is InChI=1S/C13H11NO/c1-2-5-10(6-3-1)12-13(15-12)11-7-4-8-14-9-11/h1-9,12-13H/t12-,13-/m1/s1. The van der Waals surface area contributed by atoms with Gasteiger partial charge in [-0.05, 0) is 11.6 Å². The molecular formula is C13H11NO. The number of nitrogens with zero attached hydrogens (tertiary/aromatic N) is 1. The lowest BCUT2D eigenvalue weighted by Crippen LogP contribution is -1.84. The monoisotopic (exact) mass is 197 g/mol. The summed E-state index contributed by atoms with van der Waals surface area (Å²) in [5.74, 6) is 0. The smallest absolute Gasteiger partial charge is 0.115 e. The molecule has 1 aromatic heterocycles. The maximum atomic E-state index is 5.65. The van der Waals surface area contributed by atoms with Crippen LogP contribution in [-0.4, -0.2) is 4.98 Å². The third kappa shape index (κ3) is 1.64. The summed E-state index contributed by atoms with van der Waals surface area (Å²) in [6.45, 7) is 0. The van der Waals surface area contributed by atoms with Crippen LogP contribution in [-0.2, 0) is 4.74 Å². The molecule has 15 heavy (non-hydrogen) atoms. The van der Waals surface area contributed by atoms with Crippen molar-refractivity contribution in [2.75, 3.05) is 0 Å². The summed E-state index contributed by atoms with van der Waals surface area (Å²) in [7, 11) is 0. The third-order valence-corrected chi connectivity index (χ3v) is 2.63. The molecule has 2 aromatic rings. The van der Waals surface area contributed by atoms with E-state index in [0.29, 0.717) is 0 Å². The number of hydrogen-bond acceptors (Lipinski definition) is 2. The van der Waals surface area contributed by atoms with Gasteiger partial charge in [-0.3, -0.25) is 4.98 Å². The van der Waals surface area contributed by atoms with Crippen molar-refractivity contribution in [2.45, 2.75) is 12.2 Å². The molecule has 0 spiro atoms. The summed E-state index contributed by atoms with van der Waals surface area (Å²) < 4.78 is 5.65. The minimum Gasteiger partial charge on any atom is -0.359 e. The lowest BCUT2D eigenvalue weighted by atomic mass is 10.1. The second-order valence-corrected chi connectivity index (χ2v) is 3.67. The van der Waals surface area contributed by atoms with E-state index in [1.165, 1.54) is 5.56 Å². The van der Waals surface area contributed by atoms with Gasteiger partial charge in [-0.2, -0.15) is 0 Å². The summed E-state index contributed by atoms with van der Waals surface area (Å²) in [5.41, 5.74) is 2.40. The fourth-order valence-corrected chi connectivity index (χ4v) is 1.81. The van der Waals surface area contributed by atoms with E-state index < -0.39 is 0 Å². The Balaban J connectivity index is 1.81. The molecule has 0 aliphatic carbocycles. The van der Waals surface area contributed by atoms with Crippen molar-refractivity contribution in [3.8, 4) is 0 Å². The van der Waals surface area contributed by atoms with E-state index in [2.05, 4.69) is 23.2 Å². The average Bonchev–Trinajstić information content (AvgIpc) is 3.11. The molecule has 1 aromatic carbocycles. The Hall–Kier alpha value is -1.67. The Morgan fingerprint density at radius 3 is 2.33 bits per heavy atom. The topological polar surface area (TPSA) is 25.4 Å². The van der Waals surface area contributed by atoms with Gasteiger partial charge in [0.2, 0.25) is 0 Å². The van der Waals surface area contributed by atoms with Crippen molar-refractivity contribution < 1.29 is 4.74 Å². The van der Waals surface area contributed by atoms with Gasteiger partial charge in [0.25, 0.3) is 0 Å². The molecule has 1 aliphatic heterocycles. The normalized spacial score (nSPS) is 23.7. The van der Waals surface area contributed by atoms with Crippen LogP contribution in [0.3, 0.4) is 0 Å². The van der Waals surface area contributed by atoms with Crippen molar-refractivity contribution in [3.63, 3.8) is 0 Å². The Kier molecular flexibility index (Phi) is 2.00. The van der Waals surface area contributed by atoms with E-state index in [-0.39, 0.29) is 12.2 Å². The number of hydrogen-bond donors (Lipinski definition) is 0. The minimum absolute atomic E-state index is 0.195. The lowest BCUT2D eigenvalue weighted by Gasteiger charge is -1.95. The zero-order valence-corrected chi connectivity index (χ0v) is 8.21. The molecule has 2 heteroatoms. The molecule has 1 aliphatic rings. The van der Waals surface area contributed by atoms with Gasteiger partial charge in [-0.15, -0.1) is 0 Å². The molecule has 2 nitrogen and oxygen atoms in total. The summed E-state index contributed by atoms with van der Waals surface area (Å²) in [4.78, 5) is 4.09. The van der Waals surface area contributed by atoms with Crippen LogP contribution in [0.25, 0.3) is 0 Å². The highest BCUT2D eigenvalue weighted by Gasteiger charge is 2.41. The molecule has 3 rings (SSSR count). The second-order valence-electron chi connectivity index (χ2n) is 3.67. The van der Waals surface area contributed by atoms with Crippen LogP contribution >= 0.6 is 0 Å². The largest absolute Gasteiger partial charge is 0.359 e. The van der Waals surface area contributed by atoms with Crippen molar-refractivity contribution in [1.29, 1.82) is 0 Å². The second kappa shape index (κ2) is 3.48. The molecule has 0 saturated carbocycles. The number of epoxide rings is 1. The van der Waals surface area contributed by atoms with Gasteiger partial charge in [-0.25, -0.2) is 0 Å². The predicted molar refractivity (Wildman–Crippen MR) is 57.2 cm³/mol. The zero-order chi connectivity index (χ0) is 10.1. The predicted octanol–water partition coefficient (Wildman–Crippen LogP) is 2.89. The van der Waals surface area contributed by atoms with E-state index in [1.807, 2.05) is 30.5 Å². The summed E-state index contributed by atoms with van der Waals surface area (Å²) >= 11 is 0. The SMILES string of the molecule is c1ccc([C@H]2O[C@@H]2c2cccnc2)cc1. The molecule has 1 saturated heterocycles. The first-order valence-corrected chi connectivity index (χ1v) is 5.05. The number of pyridine rings is 1. The van der Waals surface area contributed by atoms with Crippen LogP contribution in [0.1, 0.15) is 23.3 Å². The van der Waals surface area contributed by atoms with Gasteiger partial charge in [-0.1, -0.05) is 36.4 Å². The van der Waals surface area contributed by atoms with E-state index in [4.69, 9.17) is 4.74 Å². The first-order chi connectivity index (χ1) is 7.45. The first-order valence-electron chi connectivity index (χ1n) is 5.05. The maximum Gasteiger partial charge on any atom is 0.115 e. The van der Waals surface area contributed by atoms with Gasteiger partial charge in [0.15, 0.2) is 0 Å². The summed E-state index contributed by atoms with van der Waals surface area (Å²) in [6.07, 6.45) is 4.06. The molecule has 0 unspecified atom stereocenters. The number of ether oxygens (including phenoxy) is 1. The lowest BCUT2D eigenvalue weighted by molar-refractivity contribution is 0.377. The maximum absolute atomic E-state index is 5.65. The number of rotatable bonds is 2. The molecule has 0 radical (unpaired) electrons. The van der Waals surface area contributed by atoms with Gasteiger partial charge in [0.05, 0.1) is 0 Å². The minimum atomic E-state index is 0.195. The van der Waals surface area contributed by atoms with Crippen LogP contribution in [0.2, 0.25) is 0 Å². The van der Waals surface area contributed by atoms with Crippen molar-refractivity contribution >= 4 is 0 Å². The Morgan fingerprint density at radius 2 is 1.60 bits per heavy atom. The molecule has 2 heterocycles. The van der Waals surface area contributed by atoms with E-state index in [9.17, 15) is 0 Å². The molecule has 0 amide bonds. The van der Waals surface area contributed by atoms with E-state index in [1.54, 1.807) is 6.20 Å². The van der Waals surface area contributed by atoms with Crippen LogP contribution in [0.5, 0.6) is 0 Å². The summed E-state index contributed by atoms with van der Waals surface area (Å²) in [6, 6.07) is 14.3.